The lowest BCUT2D eigenvalue weighted by molar-refractivity contribution is 0.00748. The van der Waals surface area contributed by atoms with Crippen LogP contribution in [0.5, 0.6) is 0 Å². The van der Waals surface area contributed by atoms with Gasteiger partial charge in [0.2, 0.25) is 0 Å². The van der Waals surface area contributed by atoms with Gasteiger partial charge in [-0.15, -0.1) is 0 Å². The Kier molecular flexibility index (Phi) is 7.73. The largest absolute Gasteiger partial charge is 0.444 e. The molecule has 48 heavy (non-hydrogen) atoms. The zero-order valence-electron chi connectivity index (χ0n) is 27.9. The summed E-state index contributed by atoms with van der Waals surface area (Å²) in [6.45, 7) is 11.3. The number of rotatable bonds is 6. The summed E-state index contributed by atoms with van der Waals surface area (Å²) in [7, 11) is 0. The van der Waals surface area contributed by atoms with E-state index in [0.717, 1.165) is 64.1 Å². The van der Waals surface area contributed by atoms with Crippen molar-refractivity contribution in [3.63, 3.8) is 0 Å². The van der Waals surface area contributed by atoms with E-state index in [2.05, 4.69) is 25.0 Å². The molecular formula is C37H39F2N7O2. The molecule has 5 aromatic rings. The second-order valence-corrected chi connectivity index (χ2v) is 14.7. The van der Waals surface area contributed by atoms with Crippen LogP contribution < -0.4 is 0 Å². The predicted octanol–water partition coefficient (Wildman–Crippen LogP) is 7.81. The van der Waals surface area contributed by atoms with Crippen molar-refractivity contribution in [1.29, 1.82) is 5.26 Å². The predicted molar refractivity (Wildman–Crippen MR) is 178 cm³/mol. The first-order chi connectivity index (χ1) is 22.9. The van der Waals surface area contributed by atoms with Crippen LogP contribution in [0.2, 0.25) is 0 Å². The number of halogens is 2. The van der Waals surface area contributed by atoms with Gasteiger partial charge in [-0.1, -0.05) is 26.0 Å². The summed E-state index contributed by atoms with van der Waals surface area (Å²) >= 11 is 0. The van der Waals surface area contributed by atoms with Crippen molar-refractivity contribution in [3.05, 3.63) is 77.2 Å². The highest BCUT2D eigenvalue weighted by molar-refractivity contribution is 5.98. The lowest BCUT2D eigenvalue weighted by Gasteiger charge is -2.39. The summed E-state index contributed by atoms with van der Waals surface area (Å²) in [5.41, 5.74) is 4.43. The highest BCUT2D eigenvalue weighted by Crippen LogP contribution is 2.58. The number of fused-ring (bicyclic) bond motifs is 2. The molecule has 1 saturated heterocycles. The van der Waals surface area contributed by atoms with E-state index in [0.29, 0.717) is 30.6 Å². The van der Waals surface area contributed by atoms with E-state index in [1.807, 2.05) is 54.7 Å². The third-order valence-corrected chi connectivity index (χ3v) is 9.50. The van der Waals surface area contributed by atoms with Crippen LogP contribution in [-0.4, -0.2) is 54.2 Å². The SMILES string of the molecule is CC(C)Cc1nc2c(cnn2C2CCN(C(=O)OC(C)(C)C)CC23CC3)c(-c2ccc3c(cnn3Cc3ccc(F)c(F)c3)c2)c1C#N. The van der Waals surface area contributed by atoms with Gasteiger partial charge in [-0.3, -0.25) is 4.68 Å². The number of nitriles is 1. The van der Waals surface area contributed by atoms with Crippen LogP contribution in [0.4, 0.5) is 13.6 Å². The Morgan fingerprint density at radius 1 is 1.10 bits per heavy atom. The summed E-state index contributed by atoms with van der Waals surface area (Å²) in [6, 6.07) is 12.3. The Morgan fingerprint density at radius 3 is 2.58 bits per heavy atom. The summed E-state index contributed by atoms with van der Waals surface area (Å²) in [6.07, 6.45) is 6.64. The van der Waals surface area contributed by atoms with Gasteiger partial charge in [-0.05, 0) is 87.8 Å². The van der Waals surface area contributed by atoms with Crippen LogP contribution in [0.1, 0.15) is 76.7 Å². The first kappa shape index (κ1) is 31.7. The smallest absolute Gasteiger partial charge is 0.410 e. The lowest BCUT2D eigenvalue weighted by atomic mass is 9.89. The fraction of sp³-hybridized carbons (Fsp3) is 0.432. The second-order valence-electron chi connectivity index (χ2n) is 14.7. The standard InChI is InChI=1S/C37H39F2N7O2/c1-22(2)14-30-26(17-40)33(24-7-9-31-25(16-24)18-41-45(31)20-23-6-8-28(38)29(39)15-23)27-19-42-46(34(27)43-30)32-10-13-44(21-37(32)11-12-37)35(47)48-36(3,4)5/h6-9,15-16,18-19,22,32H,10-14,20-21H2,1-5H3. The number of benzene rings is 2. The van der Waals surface area contributed by atoms with Crippen molar-refractivity contribution in [2.24, 2.45) is 11.3 Å². The van der Waals surface area contributed by atoms with Crippen LogP contribution in [-0.2, 0) is 17.7 Å². The molecule has 248 valence electrons. The van der Waals surface area contributed by atoms with E-state index in [9.17, 15) is 18.8 Å². The number of pyridine rings is 1. The second kappa shape index (κ2) is 11.7. The minimum absolute atomic E-state index is 0.0610. The highest BCUT2D eigenvalue weighted by Gasteiger charge is 2.55. The summed E-state index contributed by atoms with van der Waals surface area (Å²) in [4.78, 5) is 19.9. The number of carbonyl (C=O) groups excluding carboxylic acids is 1. The van der Waals surface area contributed by atoms with E-state index >= 15 is 0 Å². The quantitative estimate of drug-likeness (QED) is 0.186. The molecule has 7 rings (SSSR count). The minimum Gasteiger partial charge on any atom is -0.444 e. The van der Waals surface area contributed by atoms with E-state index in [1.165, 1.54) is 6.07 Å². The molecule has 0 radical (unpaired) electrons. The molecule has 11 heteroatoms. The molecule has 1 spiro atoms. The number of hydrogen-bond acceptors (Lipinski definition) is 6. The molecule has 1 aliphatic heterocycles. The van der Waals surface area contributed by atoms with Crippen molar-refractivity contribution in [2.75, 3.05) is 13.1 Å². The van der Waals surface area contributed by atoms with Gasteiger partial charge >= 0.3 is 6.09 Å². The maximum atomic E-state index is 13.9. The number of piperidine rings is 1. The average molecular weight is 652 g/mol. The molecule has 3 aromatic heterocycles. The third kappa shape index (κ3) is 5.78. The molecule has 1 amide bonds. The third-order valence-electron chi connectivity index (χ3n) is 9.50. The van der Waals surface area contributed by atoms with Crippen molar-refractivity contribution < 1.29 is 18.3 Å². The number of aromatic nitrogens is 5. The van der Waals surface area contributed by atoms with Gasteiger partial charge in [0.05, 0.1) is 41.8 Å². The van der Waals surface area contributed by atoms with Gasteiger partial charge in [0.1, 0.15) is 11.7 Å². The first-order valence-corrected chi connectivity index (χ1v) is 16.5. The molecule has 1 unspecified atom stereocenters. The maximum Gasteiger partial charge on any atom is 0.410 e. The number of carbonyl (C=O) groups is 1. The van der Waals surface area contributed by atoms with E-state index < -0.39 is 17.2 Å². The molecule has 2 fully saturated rings. The van der Waals surface area contributed by atoms with Crippen LogP contribution in [0.3, 0.4) is 0 Å². The molecular weight excluding hydrogens is 612 g/mol. The number of nitrogens with zero attached hydrogens (tertiary/aromatic N) is 7. The number of hydrogen-bond donors (Lipinski definition) is 0. The van der Waals surface area contributed by atoms with Crippen molar-refractivity contribution in [3.8, 4) is 17.2 Å². The number of likely N-dealkylation sites (tertiary alicyclic amines) is 1. The maximum absolute atomic E-state index is 13.9. The highest BCUT2D eigenvalue weighted by atomic mass is 19.2. The molecule has 0 N–H and O–H groups in total. The normalized spacial score (nSPS) is 17.4. The zero-order valence-corrected chi connectivity index (χ0v) is 27.9. The van der Waals surface area contributed by atoms with Gasteiger partial charge in [-0.2, -0.15) is 15.5 Å². The molecule has 9 nitrogen and oxygen atoms in total. The van der Waals surface area contributed by atoms with Gasteiger partial charge in [0.15, 0.2) is 17.3 Å². The number of ether oxygens (including phenoxy) is 1. The molecule has 2 aliphatic rings. The first-order valence-electron chi connectivity index (χ1n) is 16.5. The average Bonchev–Trinajstić information content (AvgIpc) is 3.48. The molecule has 2 aromatic carbocycles. The Morgan fingerprint density at radius 2 is 1.90 bits per heavy atom. The fourth-order valence-corrected chi connectivity index (χ4v) is 7.13. The Labute approximate surface area is 278 Å². The van der Waals surface area contributed by atoms with Crippen molar-refractivity contribution in [2.45, 2.75) is 78.5 Å². The minimum atomic E-state index is -0.893. The zero-order chi connectivity index (χ0) is 34.0. The number of amides is 1. The monoisotopic (exact) mass is 651 g/mol. The molecule has 1 aliphatic carbocycles. The summed E-state index contributed by atoms with van der Waals surface area (Å²) in [5, 5.41) is 21.6. The van der Waals surface area contributed by atoms with Gasteiger partial charge < -0.3 is 9.64 Å². The van der Waals surface area contributed by atoms with Gasteiger partial charge in [0.25, 0.3) is 0 Å². The topological polar surface area (TPSA) is 102 Å². The Hall–Kier alpha value is -4.85. The summed E-state index contributed by atoms with van der Waals surface area (Å²) < 4.78 is 36.9. The fourth-order valence-electron chi connectivity index (χ4n) is 7.13. The molecule has 1 atom stereocenters. The van der Waals surface area contributed by atoms with E-state index in [-0.39, 0.29) is 30.0 Å². The van der Waals surface area contributed by atoms with Crippen molar-refractivity contribution >= 4 is 28.0 Å². The molecule has 4 heterocycles. The van der Waals surface area contributed by atoms with E-state index in [4.69, 9.17) is 14.8 Å². The Bertz CT molecular complexity index is 2100. The molecule has 0 bridgehead atoms. The van der Waals surface area contributed by atoms with Gasteiger partial charge in [-0.25, -0.2) is 23.2 Å². The summed E-state index contributed by atoms with van der Waals surface area (Å²) in [5.74, 6) is -1.50. The molecule has 1 saturated carbocycles. The lowest BCUT2D eigenvalue weighted by Crippen LogP contribution is -2.47. The Balaban J connectivity index is 1.28. The van der Waals surface area contributed by atoms with Crippen LogP contribution in [0, 0.1) is 34.3 Å². The van der Waals surface area contributed by atoms with E-state index in [1.54, 1.807) is 16.9 Å². The van der Waals surface area contributed by atoms with Gasteiger partial charge in [0, 0.05) is 34.8 Å². The van der Waals surface area contributed by atoms with Crippen molar-refractivity contribution in [1.82, 2.24) is 29.4 Å². The van der Waals surface area contributed by atoms with Crippen LogP contribution >= 0.6 is 0 Å². The van der Waals surface area contributed by atoms with Crippen LogP contribution in [0.25, 0.3) is 33.1 Å². The van der Waals surface area contributed by atoms with Crippen LogP contribution in [0.15, 0.2) is 48.8 Å².